The minimum atomic E-state index is -1.15. The molecular weight excluding hydrogens is 489 g/mol. The molecule has 0 bridgehead atoms. The van der Waals surface area contributed by atoms with Gasteiger partial charge in [-0.15, -0.1) is 0 Å². The Morgan fingerprint density at radius 3 is 1.69 bits per heavy atom. The summed E-state index contributed by atoms with van der Waals surface area (Å²) in [5, 5.41) is 17.6. The highest BCUT2D eigenvalue weighted by atomic mass is 79.9. The predicted octanol–water partition coefficient (Wildman–Crippen LogP) is 4.73. The van der Waals surface area contributed by atoms with E-state index < -0.39 is 41.9 Å². The van der Waals surface area contributed by atoms with Crippen LogP contribution in [0.1, 0.15) is 59.5 Å². The van der Waals surface area contributed by atoms with Crippen molar-refractivity contribution in [3.63, 3.8) is 0 Å². The van der Waals surface area contributed by atoms with Gasteiger partial charge < -0.3 is 19.5 Å². The number of hydrogen-bond acceptors (Lipinski definition) is 4. The van der Waals surface area contributed by atoms with Crippen LogP contribution in [0.15, 0.2) is 28.7 Å². The van der Waals surface area contributed by atoms with Crippen molar-refractivity contribution in [2.24, 2.45) is 0 Å². The van der Waals surface area contributed by atoms with Gasteiger partial charge in [0.05, 0.1) is 26.8 Å². The molecule has 6 nitrogen and oxygen atoms in total. The van der Waals surface area contributed by atoms with Gasteiger partial charge >= 0.3 is 19.1 Å². The molecule has 0 saturated carbocycles. The molecule has 0 amide bonds. The molecule has 0 aliphatic carbocycles. The summed E-state index contributed by atoms with van der Waals surface area (Å²) in [6, 6.07) is 5.53. The quantitative estimate of drug-likeness (QED) is 0.578. The van der Waals surface area contributed by atoms with Crippen LogP contribution in [0.5, 0.6) is 0 Å². The van der Waals surface area contributed by atoms with E-state index in [1.54, 1.807) is 0 Å². The van der Waals surface area contributed by atoms with Crippen molar-refractivity contribution in [2.45, 2.75) is 52.7 Å². The molecule has 2 aromatic rings. The number of rotatable bonds is 3. The molecule has 3 rings (SSSR count). The lowest BCUT2D eigenvalue weighted by atomic mass is 9.77. The Balaban J connectivity index is 0.000000258. The highest BCUT2D eigenvalue weighted by molar-refractivity contribution is 9.10. The van der Waals surface area contributed by atoms with Gasteiger partial charge in [0, 0.05) is 11.0 Å². The van der Waals surface area contributed by atoms with Crippen molar-refractivity contribution in [2.75, 3.05) is 0 Å². The molecule has 0 spiro atoms. The average Bonchev–Trinajstić information content (AvgIpc) is 2.89. The van der Waals surface area contributed by atoms with E-state index in [1.165, 1.54) is 38.1 Å². The van der Waals surface area contributed by atoms with Crippen LogP contribution in [0, 0.1) is 25.5 Å². The number of aromatic carboxylic acids is 2. The molecule has 172 valence electrons. The van der Waals surface area contributed by atoms with Crippen LogP contribution in [-0.4, -0.2) is 40.5 Å². The van der Waals surface area contributed by atoms with E-state index >= 15 is 0 Å². The molecule has 0 aromatic heterocycles. The fraction of sp³-hybridized carbons (Fsp3) is 0.364. The van der Waals surface area contributed by atoms with Crippen LogP contribution in [0.2, 0.25) is 0 Å². The summed E-state index contributed by atoms with van der Waals surface area (Å²) in [6.45, 7) is 10.4. The van der Waals surface area contributed by atoms with Crippen molar-refractivity contribution in [3.8, 4) is 0 Å². The molecule has 10 heteroatoms. The minimum absolute atomic E-state index is 0.00398. The van der Waals surface area contributed by atoms with Gasteiger partial charge in [0.25, 0.3) is 0 Å². The minimum Gasteiger partial charge on any atom is -0.478 e. The number of halogens is 3. The van der Waals surface area contributed by atoms with Gasteiger partial charge in [0.15, 0.2) is 0 Å². The van der Waals surface area contributed by atoms with Crippen LogP contribution in [-0.2, 0) is 9.31 Å². The molecule has 1 saturated heterocycles. The number of carboxylic acid groups (broad SMARTS) is 2. The van der Waals surface area contributed by atoms with E-state index in [9.17, 15) is 18.4 Å². The molecule has 1 aliphatic heterocycles. The lowest BCUT2D eigenvalue weighted by Gasteiger charge is -2.32. The zero-order chi connectivity index (χ0) is 24.6. The predicted molar refractivity (Wildman–Crippen MR) is 120 cm³/mol. The zero-order valence-electron chi connectivity index (χ0n) is 18.5. The lowest BCUT2D eigenvalue weighted by molar-refractivity contribution is 0.00578. The monoisotopic (exact) mass is 512 g/mol. The maximum Gasteiger partial charge on any atom is 0.497 e. The van der Waals surface area contributed by atoms with E-state index in [-0.39, 0.29) is 32.2 Å². The Kier molecular flexibility index (Phi) is 7.54. The average molecular weight is 513 g/mol. The topological polar surface area (TPSA) is 93.1 Å². The molecule has 1 heterocycles. The Bertz CT molecular complexity index is 1050. The van der Waals surface area contributed by atoms with Crippen molar-refractivity contribution in [1.29, 1.82) is 0 Å². The molecule has 0 atom stereocenters. The fourth-order valence-electron chi connectivity index (χ4n) is 2.97. The highest BCUT2D eigenvalue weighted by Crippen LogP contribution is 2.36. The van der Waals surface area contributed by atoms with E-state index in [4.69, 9.17) is 19.5 Å². The summed E-state index contributed by atoms with van der Waals surface area (Å²) >= 11 is 2.96. The van der Waals surface area contributed by atoms with Gasteiger partial charge in [0.2, 0.25) is 0 Å². The van der Waals surface area contributed by atoms with Crippen LogP contribution < -0.4 is 5.46 Å². The third kappa shape index (κ3) is 5.03. The molecule has 1 aliphatic rings. The van der Waals surface area contributed by atoms with Crippen LogP contribution >= 0.6 is 15.9 Å². The lowest BCUT2D eigenvalue weighted by Crippen LogP contribution is -2.41. The summed E-state index contributed by atoms with van der Waals surface area (Å²) < 4.78 is 39.2. The summed E-state index contributed by atoms with van der Waals surface area (Å²) in [7, 11) is -0.832. The molecule has 2 N–H and O–H groups in total. The Morgan fingerprint density at radius 1 is 0.844 bits per heavy atom. The standard InChI is InChI=1S/C14H18BFO4.C8H6BrFO2/c1-8-9(12(17)18)6-7-10(11(8)16)15-19-13(2,3)14(4,5)20-15;1-4-5(8(11)12)2-3-6(9)7(4)10/h6-7H,1-5H3,(H,17,18);2-3H,1H3,(H,11,12). The number of carbonyl (C=O) groups is 2. The maximum absolute atomic E-state index is 14.4. The SMILES string of the molecule is Cc1c(C(=O)O)ccc(B2OC(C)(C)C(C)(C)O2)c1F.Cc1c(C(=O)O)ccc(Br)c1F. The van der Waals surface area contributed by atoms with Gasteiger partial charge in [0.1, 0.15) is 11.6 Å². The smallest absolute Gasteiger partial charge is 0.478 e. The molecule has 1 fully saturated rings. The Labute approximate surface area is 193 Å². The second-order valence-corrected chi connectivity index (χ2v) is 9.23. The molecule has 32 heavy (non-hydrogen) atoms. The summed E-state index contributed by atoms with van der Waals surface area (Å²) in [5.74, 6) is -3.38. The first-order chi connectivity index (χ1) is 14.6. The second kappa shape index (κ2) is 9.29. The number of hydrogen-bond donors (Lipinski definition) is 2. The van der Waals surface area contributed by atoms with Crippen molar-refractivity contribution < 1.29 is 37.9 Å². The number of carboxylic acids is 2. The van der Waals surface area contributed by atoms with E-state index in [0.29, 0.717) is 0 Å². The van der Waals surface area contributed by atoms with Gasteiger partial charge in [-0.3, -0.25) is 0 Å². The molecular formula is C22H24BBrF2O6. The van der Waals surface area contributed by atoms with E-state index in [2.05, 4.69) is 15.9 Å². The Morgan fingerprint density at radius 2 is 1.25 bits per heavy atom. The van der Waals surface area contributed by atoms with E-state index in [1.807, 2.05) is 27.7 Å². The van der Waals surface area contributed by atoms with Crippen molar-refractivity contribution in [3.05, 3.63) is 62.6 Å². The molecule has 2 aromatic carbocycles. The third-order valence-electron chi connectivity index (χ3n) is 5.72. The van der Waals surface area contributed by atoms with Crippen LogP contribution in [0.25, 0.3) is 0 Å². The van der Waals surface area contributed by atoms with Gasteiger partial charge in [-0.25, -0.2) is 18.4 Å². The van der Waals surface area contributed by atoms with Crippen molar-refractivity contribution in [1.82, 2.24) is 0 Å². The summed E-state index contributed by atoms with van der Waals surface area (Å²) in [5.41, 5.74) is -0.723. The fourth-order valence-corrected chi connectivity index (χ4v) is 3.40. The largest absolute Gasteiger partial charge is 0.497 e. The van der Waals surface area contributed by atoms with Crippen molar-refractivity contribution >= 4 is 40.4 Å². The van der Waals surface area contributed by atoms with Gasteiger partial charge in [-0.2, -0.15) is 0 Å². The zero-order valence-corrected chi connectivity index (χ0v) is 20.1. The molecule has 0 radical (unpaired) electrons. The van der Waals surface area contributed by atoms with Crippen LogP contribution in [0.4, 0.5) is 8.78 Å². The first-order valence-corrected chi connectivity index (χ1v) is 10.5. The molecule has 0 unspecified atom stereocenters. The first kappa shape index (κ1) is 26.0. The second-order valence-electron chi connectivity index (χ2n) is 8.37. The van der Waals surface area contributed by atoms with Crippen LogP contribution in [0.3, 0.4) is 0 Å². The Hall–Kier alpha value is -2.30. The third-order valence-corrected chi connectivity index (χ3v) is 6.34. The summed E-state index contributed by atoms with van der Waals surface area (Å²) in [6.07, 6.45) is 0. The van der Waals surface area contributed by atoms with E-state index in [0.717, 1.165) is 0 Å². The normalized spacial score (nSPS) is 16.3. The first-order valence-electron chi connectivity index (χ1n) is 9.66. The van der Waals surface area contributed by atoms with Gasteiger partial charge in [-0.05, 0) is 81.2 Å². The highest BCUT2D eigenvalue weighted by Gasteiger charge is 2.52. The summed E-state index contributed by atoms with van der Waals surface area (Å²) in [4.78, 5) is 21.5. The maximum atomic E-state index is 14.4. The number of benzene rings is 2. The van der Waals surface area contributed by atoms with Gasteiger partial charge in [-0.1, -0.05) is 6.07 Å².